The number of thiol groups is 1. The zero-order valence-corrected chi connectivity index (χ0v) is 5.82. The molecule has 0 aromatic heterocycles. The van der Waals surface area contributed by atoms with Gasteiger partial charge in [0.15, 0.2) is 5.12 Å². The van der Waals surface area contributed by atoms with Crippen LogP contribution in [0.15, 0.2) is 0 Å². The van der Waals surface area contributed by atoms with Crippen molar-refractivity contribution in [3.8, 4) is 0 Å². The Balaban J connectivity index is 3.24. The Bertz CT molecular complexity index is 86.1. The molecule has 0 aliphatic rings. The summed E-state index contributed by atoms with van der Waals surface area (Å²) < 4.78 is 0. The molecule has 0 aliphatic carbocycles. The van der Waals surface area contributed by atoms with Gasteiger partial charge in [-0.3, -0.25) is 4.79 Å². The van der Waals surface area contributed by atoms with Crippen LogP contribution in [0.1, 0.15) is 6.42 Å². The lowest BCUT2D eigenvalue weighted by Crippen LogP contribution is -2.10. The fraction of sp³-hybridized carbons (Fsp3) is 0.750. The Hall–Kier alpha value is 0.270. The van der Waals surface area contributed by atoms with E-state index in [1.165, 1.54) is 0 Å². The lowest BCUT2D eigenvalue weighted by atomic mass is 10.3. The molecule has 0 aromatic rings. The van der Waals surface area contributed by atoms with Crippen molar-refractivity contribution in [2.24, 2.45) is 0 Å². The van der Waals surface area contributed by atoms with E-state index in [2.05, 4.69) is 12.6 Å². The molecular formula is C4H7ClO2S. The molecule has 0 aliphatic heterocycles. The molecule has 1 unspecified atom stereocenters. The van der Waals surface area contributed by atoms with Crippen LogP contribution in [0.5, 0.6) is 0 Å². The minimum Gasteiger partial charge on any atom is -0.391 e. The van der Waals surface area contributed by atoms with Crippen LogP contribution in [-0.2, 0) is 4.79 Å². The Labute approximate surface area is 58.2 Å². The zero-order chi connectivity index (χ0) is 6.57. The topological polar surface area (TPSA) is 37.3 Å². The van der Waals surface area contributed by atoms with Gasteiger partial charge in [-0.05, 0) is 0 Å². The molecule has 0 heterocycles. The zero-order valence-electron chi connectivity index (χ0n) is 4.17. The van der Waals surface area contributed by atoms with Crippen molar-refractivity contribution < 1.29 is 9.90 Å². The van der Waals surface area contributed by atoms with E-state index in [1.807, 2.05) is 0 Å². The van der Waals surface area contributed by atoms with Crippen molar-refractivity contribution in [3.05, 3.63) is 0 Å². The Kier molecular flexibility index (Phi) is 4.32. The van der Waals surface area contributed by atoms with Crippen molar-refractivity contribution in [2.75, 3.05) is 5.88 Å². The number of aliphatic hydroxyl groups excluding tert-OH is 1. The first kappa shape index (κ1) is 8.27. The first-order valence-electron chi connectivity index (χ1n) is 2.12. The van der Waals surface area contributed by atoms with Crippen molar-refractivity contribution in [3.63, 3.8) is 0 Å². The van der Waals surface area contributed by atoms with E-state index >= 15 is 0 Å². The second-order valence-corrected chi connectivity index (χ2v) is 2.21. The predicted molar refractivity (Wildman–Crippen MR) is 35.3 cm³/mol. The summed E-state index contributed by atoms with van der Waals surface area (Å²) >= 11 is 8.59. The molecule has 8 heavy (non-hydrogen) atoms. The van der Waals surface area contributed by atoms with E-state index in [9.17, 15) is 4.79 Å². The average molecular weight is 155 g/mol. The Morgan fingerprint density at radius 1 is 1.88 bits per heavy atom. The van der Waals surface area contributed by atoms with Crippen LogP contribution in [0, 0.1) is 0 Å². The maximum Gasteiger partial charge on any atom is 0.188 e. The summed E-state index contributed by atoms with van der Waals surface area (Å²) in [4.78, 5) is 10.1. The lowest BCUT2D eigenvalue weighted by molar-refractivity contribution is -0.112. The number of hydrogen-bond acceptors (Lipinski definition) is 2. The van der Waals surface area contributed by atoms with E-state index in [-0.39, 0.29) is 17.4 Å². The van der Waals surface area contributed by atoms with Gasteiger partial charge in [-0.1, -0.05) is 0 Å². The van der Waals surface area contributed by atoms with Gasteiger partial charge in [0.25, 0.3) is 0 Å². The van der Waals surface area contributed by atoms with Gasteiger partial charge >= 0.3 is 0 Å². The van der Waals surface area contributed by atoms with E-state index in [0.29, 0.717) is 0 Å². The first-order valence-corrected chi connectivity index (χ1v) is 3.10. The number of halogens is 1. The van der Waals surface area contributed by atoms with Gasteiger partial charge in [-0.25, -0.2) is 0 Å². The summed E-state index contributed by atoms with van der Waals surface area (Å²) in [6.45, 7) is 0. The van der Waals surface area contributed by atoms with Crippen LogP contribution in [0.3, 0.4) is 0 Å². The molecule has 0 saturated heterocycles. The third-order valence-corrected chi connectivity index (χ3v) is 1.13. The molecule has 0 amide bonds. The molecule has 4 heteroatoms. The Morgan fingerprint density at radius 3 is 2.50 bits per heavy atom. The SMILES string of the molecule is O=C(S)CC(O)CCl. The smallest absolute Gasteiger partial charge is 0.188 e. The van der Waals surface area contributed by atoms with Crippen molar-refractivity contribution in [2.45, 2.75) is 12.5 Å². The lowest BCUT2D eigenvalue weighted by Gasteiger charge is -1.99. The van der Waals surface area contributed by atoms with Crippen molar-refractivity contribution in [1.82, 2.24) is 0 Å². The largest absolute Gasteiger partial charge is 0.391 e. The molecule has 0 fully saturated rings. The molecule has 0 rings (SSSR count). The first-order chi connectivity index (χ1) is 3.66. The van der Waals surface area contributed by atoms with Gasteiger partial charge in [0.05, 0.1) is 6.10 Å². The number of rotatable bonds is 3. The van der Waals surface area contributed by atoms with Crippen LogP contribution >= 0.6 is 24.2 Å². The summed E-state index contributed by atoms with van der Waals surface area (Å²) in [7, 11) is 0. The van der Waals surface area contributed by atoms with E-state index < -0.39 is 6.10 Å². The van der Waals surface area contributed by atoms with Gasteiger partial charge in [0.1, 0.15) is 0 Å². The van der Waals surface area contributed by atoms with Gasteiger partial charge in [0, 0.05) is 12.3 Å². The highest BCUT2D eigenvalue weighted by Gasteiger charge is 2.04. The number of alkyl halides is 1. The third-order valence-electron chi connectivity index (χ3n) is 0.588. The minimum absolute atomic E-state index is 0.0343. The van der Waals surface area contributed by atoms with Crippen LogP contribution < -0.4 is 0 Å². The number of aliphatic hydroxyl groups is 1. The van der Waals surface area contributed by atoms with Crippen LogP contribution in [-0.4, -0.2) is 22.2 Å². The highest BCUT2D eigenvalue weighted by molar-refractivity contribution is 7.96. The maximum atomic E-state index is 10.1. The van der Waals surface area contributed by atoms with Gasteiger partial charge in [0.2, 0.25) is 0 Å². The molecule has 0 bridgehead atoms. The standard InChI is InChI=1S/C4H7ClO2S/c5-2-3(6)1-4(7)8/h3,6H,1-2H2,(H,7,8). The predicted octanol–water partition coefficient (Wildman–Crippen LogP) is 0.433. The second-order valence-electron chi connectivity index (χ2n) is 1.41. The summed E-state index contributed by atoms with van der Waals surface area (Å²) in [5, 5.41) is 8.29. The number of carbonyl (C=O) groups is 1. The average Bonchev–Trinajstić information content (AvgIpc) is 1.65. The normalized spacial score (nSPS) is 13.4. The number of hydrogen-bond donors (Lipinski definition) is 2. The van der Waals surface area contributed by atoms with E-state index in [4.69, 9.17) is 16.7 Å². The molecule has 0 aromatic carbocycles. The van der Waals surface area contributed by atoms with Gasteiger partial charge in [-0.15, -0.1) is 24.2 Å². The molecule has 1 atom stereocenters. The monoisotopic (exact) mass is 154 g/mol. The number of carbonyl (C=O) groups excluding carboxylic acids is 1. The van der Waals surface area contributed by atoms with Crippen LogP contribution in [0.4, 0.5) is 0 Å². The highest BCUT2D eigenvalue weighted by atomic mass is 35.5. The van der Waals surface area contributed by atoms with Crippen molar-refractivity contribution in [1.29, 1.82) is 0 Å². The molecule has 1 N–H and O–H groups in total. The quantitative estimate of drug-likeness (QED) is 0.457. The van der Waals surface area contributed by atoms with E-state index in [1.54, 1.807) is 0 Å². The minimum atomic E-state index is -0.735. The van der Waals surface area contributed by atoms with E-state index in [0.717, 1.165) is 0 Å². The molecule has 48 valence electrons. The van der Waals surface area contributed by atoms with Gasteiger partial charge < -0.3 is 5.11 Å². The summed E-state index contributed by atoms with van der Waals surface area (Å²) in [6, 6.07) is 0. The molecule has 0 saturated carbocycles. The van der Waals surface area contributed by atoms with Crippen LogP contribution in [0.25, 0.3) is 0 Å². The van der Waals surface area contributed by atoms with Crippen LogP contribution in [0.2, 0.25) is 0 Å². The fourth-order valence-corrected chi connectivity index (χ4v) is 0.576. The summed E-state index contributed by atoms with van der Waals surface area (Å²) in [5.74, 6) is 0.0896. The van der Waals surface area contributed by atoms with Gasteiger partial charge in [-0.2, -0.15) is 0 Å². The second kappa shape index (κ2) is 4.18. The molecule has 0 radical (unpaired) electrons. The molecular weight excluding hydrogens is 148 g/mol. The third kappa shape index (κ3) is 4.43. The summed E-state index contributed by atoms with van der Waals surface area (Å²) in [6.07, 6.45) is -0.700. The molecule has 2 nitrogen and oxygen atoms in total. The Morgan fingerprint density at radius 2 is 2.38 bits per heavy atom. The fourth-order valence-electron chi connectivity index (χ4n) is 0.256. The highest BCUT2D eigenvalue weighted by Crippen LogP contribution is 1.96. The maximum absolute atomic E-state index is 10.1. The van der Waals surface area contributed by atoms with Crippen molar-refractivity contribution >= 4 is 29.3 Å². The summed E-state index contributed by atoms with van der Waals surface area (Å²) in [5.41, 5.74) is 0. The molecule has 0 spiro atoms.